The number of rotatable bonds is 3. The van der Waals surface area contributed by atoms with Crippen LogP contribution in [0.15, 0.2) is 18.3 Å². The largest absolute Gasteiger partial charge is 0.478 e. The molecule has 1 aromatic heterocycles. The second-order valence-corrected chi connectivity index (χ2v) is 4.76. The van der Waals surface area contributed by atoms with Gasteiger partial charge in [-0.25, -0.2) is 19.5 Å². The number of anilines is 1. The number of ether oxygens (including phenoxy) is 1. The van der Waals surface area contributed by atoms with Crippen LogP contribution in [-0.2, 0) is 4.74 Å². The van der Waals surface area contributed by atoms with Crippen LogP contribution in [-0.4, -0.2) is 39.6 Å². The molecule has 7 heteroatoms. The van der Waals surface area contributed by atoms with E-state index in [2.05, 4.69) is 4.98 Å². The summed E-state index contributed by atoms with van der Waals surface area (Å²) in [5.41, 5.74) is -0.762. The lowest BCUT2D eigenvalue weighted by molar-refractivity contribution is 0.0543. The van der Waals surface area contributed by atoms with E-state index in [-0.39, 0.29) is 11.4 Å². The summed E-state index contributed by atoms with van der Waals surface area (Å²) in [5, 5.41) is 18.1. The topological polar surface area (TPSA) is 100.0 Å². The lowest BCUT2D eigenvalue weighted by atomic mass is 10.2. The van der Waals surface area contributed by atoms with E-state index in [4.69, 9.17) is 9.84 Å². The molecule has 1 aromatic rings. The number of hydrogen-bond acceptors (Lipinski definition) is 5. The van der Waals surface area contributed by atoms with Gasteiger partial charge in [-0.1, -0.05) is 0 Å². The fraction of sp³-hybridized carbons (Fsp3) is 0.417. The number of hydrogen-bond donors (Lipinski definition) is 2. The first-order chi connectivity index (χ1) is 8.74. The van der Waals surface area contributed by atoms with Crippen molar-refractivity contribution in [2.75, 3.05) is 11.6 Å². The van der Waals surface area contributed by atoms with Gasteiger partial charge >= 0.3 is 12.1 Å². The second-order valence-electron chi connectivity index (χ2n) is 4.76. The summed E-state index contributed by atoms with van der Waals surface area (Å²) in [6.07, 6.45) is 0.441. The Bertz CT molecular complexity index is 481. The highest BCUT2D eigenvalue weighted by molar-refractivity contribution is 5.91. The Morgan fingerprint density at radius 2 is 2.05 bits per heavy atom. The van der Waals surface area contributed by atoms with Crippen molar-refractivity contribution in [3.8, 4) is 0 Å². The Kier molecular flexibility index (Phi) is 4.44. The van der Waals surface area contributed by atoms with E-state index in [1.54, 1.807) is 20.8 Å². The van der Waals surface area contributed by atoms with Crippen LogP contribution in [0, 0.1) is 0 Å². The lowest BCUT2D eigenvalue weighted by Gasteiger charge is -2.25. The number of carbonyl (C=O) groups excluding carboxylic acids is 1. The minimum absolute atomic E-state index is 0.0108. The maximum atomic E-state index is 11.8. The molecule has 0 saturated heterocycles. The molecule has 0 aliphatic rings. The van der Waals surface area contributed by atoms with E-state index in [1.165, 1.54) is 18.3 Å². The predicted octanol–water partition coefficient (Wildman–Crippen LogP) is 1.47. The minimum Gasteiger partial charge on any atom is -0.478 e. The van der Waals surface area contributed by atoms with Crippen LogP contribution in [0.3, 0.4) is 0 Å². The van der Waals surface area contributed by atoms with E-state index < -0.39 is 24.4 Å². The van der Waals surface area contributed by atoms with E-state index >= 15 is 0 Å². The number of carbonyl (C=O) groups is 2. The van der Waals surface area contributed by atoms with Gasteiger partial charge < -0.3 is 14.9 Å². The van der Waals surface area contributed by atoms with Crippen LogP contribution in [0.1, 0.15) is 31.1 Å². The molecule has 0 fully saturated rings. The van der Waals surface area contributed by atoms with Crippen LogP contribution in [0.4, 0.5) is 10.6 Å². The molecule has 0 radical (unpaired) electrons. The number of nitrogens with zero attached hydrogens (tertiary/aromatic N) is 2. The zero-order chi connectivity index (χ0) is 14.6. The summed E-state index contributed by atoms with van der Waals surface area (Å²) in [5.74, 6) is -1.14. The van der Waals surface area contributed by atoms with Crippen LogP contribution in [0.2, 0.25) is 0 Å². The fourth-order valence-corrected chi connectivity index (χ4v) is 1.24. The molecule has 104 valence electrons. The van der Waals surface area contributed by atoms with Crippen molar-refractivity contribution in [3.05, 3.63) is 23.9 Å². The number of pyridine rings is 1. The Morgan fingerprint density at radius 1 is 1.42 bits per heavy atom. The molecule has 0 bridgehead atoms. The summed E-state index contributed by atoms with van der Waals surface area (Å²) in [4.78, 5) is 27.4. The zero-order valence-electron chi connectivity index (χ0n) is 11.0. The lowest BCUT2D eigenvalue weighted by Crippen LogP contribution is -2.38. The van der Waals surface area contributed by atoms with Crippen molar-refractivity contribution in [3.63, 3.8) is 0 Å². The SMILES string of the molecule is CC(C)(C)OC(=O)N(CO)c1cc(C(=O)O)ccn1. The third kappa shape index (κ3) is 4.22. The van der Waals surface area contributed by atoms with Gasteiger partial charge in [0.15, 0.2) is 0 Å². The Hall–Kier alpha value is -2.15. The number of aromatic carboxylic acids is 1. The molecular formula is C12H16N2O5. The monoisotopic (exact) mass is 268 g/mol. The first-order valence-corrected chi connectivity index (χ1v) is 5.55. The smallest absolute Gasteiger partial charge is 0.417 e. The van der Waals surface area contributed by atoms with Crippen molar-refractivity contribution in [1.29, 1.82) is 0 Å². The molecule has 1 heterocycles. The van der Waals surface area contributed by atoms with Crippen LogP contribution in [0.5, 0.6) is 0 Å². The molecule has 0 spiro atoms. The molecule has 1 rings (SSSR count). The maximum Gasteiger partial charge on any atom is 0.417 e. The molecular weight excluding hydrogens is 252 g/mol. The molecule has 0 atom stereocenters. The van der Waals surface area contributed by atoms with E-state index in [0.29, 0.717) is 0 Å². The molecule has 1 amide bonds. The van der Waals surface area contributed by atoms with Gasteiger partial charge in [-0.3, -0.25) is 0 Å². The molecule has 0 saturated carbocycles. The van der Waals surface area contributed by atoms with Crippen LogP contribution >= 0.6 is 0 Å². The van der Waals surface area contributed by atoms with E-state index in [0.717, 1.165) is 4.90 Å². The van der Waals surface area contributed by atoms with Gasteiger partial charge in [0, 0.05) is 6.20 Å². The van der Waals surface area contributed by atoms with Gasteiger partial charge in [0.2, 0.25) is 0 Å². The van der Waals surface area contributed by atoms with Gasteiger partial charge in [-0.2, -0.15) is 0 Å². The van der Waals surface area contributed by atoms with Crippen molar-refractivity contribution >= 4 is 17.9 Å². The summed E-state index contributed by atoms with van der Waals surface area (Å²) < 4.78 is 5.09. The highest BCUT2D eigenvalue weighted by Crippen LogP contribution is 2.16. The average molecular weight is 268 g/mol. The third-order valence-electron chi connectivity index (χ3n) is 2.02. The molecule has 2 N–H and O–H groups in total. The average Bonchev–Trinajstić information content (AvgIpc) is 2.27. The summed E-state index contributed by atoms with van der Waals surface area (Å²) in [6.45, 7) is 4.38. The number of aromatic nitrogens is 1. The number of carboxylic acid groups (broad SMARTS) is 1. The normalized spacial score (nSPS) is 10.9. The second kappa shape index (κ2) is 5.66. The molecule has 0 aliphatic heterocycles. The molecule has 0 unspecified atom stereocenters. The first kappa shape index (κ1) is 14.9. The summed E-state index contributed by atoms with van der Waals surface area (Å²) in [7, 11) is 0. The Morgan fingerprint density at radius 3 is 2.53 bits per heavy atom. The first-order valence-electron chi connectivity index (χ1n) is 5.55. The van der Waals surface area contributed by atoms with Gasteiger partial charge in [0.05, 0.1) is 5.56 Å². The highest BCUT2D eigenvalue weighted by Gasteiger charge is 2.24. The van der Waals surface area contributed by atoms with E-state index in [9.17, 15) is 14.7 Å². The van der Waals surface area contributed by atoms with Gasteiger partial charge in [0.25, 0.3) is 0 Å². The zero-order valence-corrected chi connectivity index (χ0v) is 11.0. The number of aliphatic hydroxyl groups excluding tert-OH is 1. The third-order valence-corrected chi connectivity index (χ3v) is 2.02. The summed E-state index contributed by atoms with van der Waals surface area (Å²) >= 11 is 0. The van der Waals surface area contributed by atoms with Gasteiger partial charge in [0.1, 0.15) is 18.1 Å². The van der Waals surface area contributed by atoms with Crippen molar-refractivity contribution in [2.24, 2.45) is 0 Å². The Labute approximate surface area is 110 Å². The molecule has 0 aliphatic carbocycles. The van der Waals surface area contributed by atoms with Crippen molar-refractivity contribution < 1.29 is 24.5 Å². The summed E-state index contributed by atoms with van der Waals surface area (Å²) in [6, 6.07) is 2.47. The predicted molar refractivity (Wildman–Crippen MR) is 67.0 cm³/mol. The van der Waals surface area contributed by atoms with Crippen LogP contribution in [0.25, 0.3) is 0 Å². The maximum absolute atomic E-state index is 11.8. The minimum atomic E-state index is -1.15. The quantitative estimate of drug-likeness (QED) is 0.805. The fourth-order valence-electron chi connectivity index (χ4n) is 1.24. The molecule has 19 heavy (non-hydrogen) atoms. The van der Waals surface area contributed by atoms with Crippen molar-refractivity contribution in [2.45, 2.75) is 26.4 Å². The Balaban J connectivity index is 3.00. The van der Waals surface area contributed by atoms with Crippen molar-refractivity contribution in [1.82, 2.24) is 4.98 Å². The highest BCUT2D eigenvalue weighted by atomic mass is 16.6. The molecule has 0 aromatic carbocycles. The number of amides is 1. The number of aliphatic hydroxyl groups is 1. The number of carboxylic acids is 1. The van der Waals surface area contributed by atoms with Gasteiger partial charge in [-0.15, -0.1) is 0 Å². The van der Waals surface area contributed by atoms with Crippen LogP contribution < -0.4 is 4.90 Å². The standard InChI is InChI=1S/C12H16N2O5/c1-12(2,3)19-11(18)14(7-15)9-6-8(10(16)17)4-5-13-9/h4-6,15H,7H2,1-3H3,(H,16,17). The van der Waals surface area contributed by atoms with E-state index in [1.807, 2.05) is 0 Å². The van der Waals surface area contributed by atoms with Gasteiger partial charge in [-0.05, 0) is 32.9 Å². The molecule has 7 nitrogen and oxygen atoms in total.